The standard InChI is InChI=1S/C34H26N4O9S/c1-45-27-15-20(16-28-31(27)47-19-46-28)14-26(36-32(40)21-6-3-2-4-7-21)33(41)35-22-8-5-9-25(17-22)48-29-18-30(39)37(34(29)42)23-10-12-24(13-11-23)38(43)44/h2-17,29H,18-19H2,1H3,(H,35,41)(H,36,40)/b26-14-/t29-/m1/s1. The number of nitro groups is 1. The van der Waals surface area contributed by atoms with Crippen LogP contribution in [0.25, 0.3) is 6.08 Å². The molecule has 1 saturated heterocycles. The minimum Gasteiger partial charge on any atom is -0.493 e. The molecule has 2 heterocycles. The van der Waals surface area contributed by atoms with Gasteiger partial charge in [-0.15, -0.1) is 11.8 Å². The Hall–Kier alpha value is -6.15. The molecule has 14 heteroatoms. The van der Waals surface area contributed by atoms with Crippen LogP contribution in [-0.2, 0) is 14.4 Å². The molecule has 4 amide bonds. The van der Waals surface area contributed by atoms with Gasteiger partial charge in [-0.2, -0.15) is 0 Å². The third kappa shape index (κ3) is 6.83. The van der Waals surface area contributed by atoms with Crippen LogP contribution in [0, 0.1) is 10.1 Å². The molecule has 0 radical (unpaired) electrons. The van der Waals surface area contributed by atoms with Crippen molar-refractivity contribution in [2.45, 2.75) is 16.6 Å². The number of non-ortho nitro benzene ring substituents is 1. The summed E-state index contributed by atoms with van der Waals surface area (Å²) in [5.41, 5.74) is 1.24. The van der Waals surface area contributed by atoms with Crippen LogP contribution in [0.1, 0.15) is 22.3 Å². The molecule has 2 N–H and O–H groups in total. The first-order valence-corrected chi connectivity index (χ1v) is 15.3. The fraction of sp³-hybridized carbons (Fsp3) is 0.118. The summed E-state index contributed by atoms with van der Waals surface area (Å²) >= 11 is 1.15. The van der Waals surface area contributed by atoms with Crippen molar-refractivity contribution < 1.29 is 38.3 Å². The second-order valence-electron chi connectivity index (χ2n) is 10.5. The highest BCUT2D eigenvalue weighted by Gasteiger charge is 2.40. The van der Waals surface area contributed by atoms with E-state index < -0.39 is 33.8 Å². The Morgan fingerprint density at radius 1 is 1.00 bits per heavy atom. The van der Waals surface area contributed by atoms with Crippen LogP contribution < -0.4 is 29.7 Å². The Morgan fingerprint density at radius 2 is 1.77 bits per heavy atom. The lowest BCUT2D eigenvalue weighted by Gasteiger charge is -2.15. The Bertz CT molecular complexity index is 1970. The van der Waals surface area contributed by atoms with Crippen LogP contribution in [0.3, 0.4) is 0 Å². The predicted octanol–water partition coefficient (Wildman–Crippen LogP) is 5.17. The summed E-state index contributed by atoms with van der Waals surface area (Å²) in [6.45, 7) is 0.0149. The van der Waals surface area contributed by atoms with E-state index in [-0.39, 0.29) is 30.3 Å². The number of thioether (sulfide) groups is 1. The molecule has 0 aliphatic carbocycles. The highest BCUT2D eigenvalue weighted by atomic mass is 32.2. The predicted molar refractivity (Wildman–Crippen MR) is 176 cm³/mol. The first-order chi connectivity index (χ1) is 23.2. The summed E-state index contributed by atoms with van der Waals surface area (Å²) in [5.74, 6) is -0.776. The van der Waals surface area contributed by atoms with E-state index in [1.165, 1.54) is 37.5 Å². The van der Waals surface area contributed by atoms with Gasteiger partial charge in [-0.25, -0.2) is 4.90 Å². The van der Waals surface area contributed by atoms with Crippen LogP contribution in [0.5, 0.6) is 17.2 Å². The number of hydrogen-bond acceptors (Lipinski definition) is 10. The van der Waals surface area contributed by atoms with Crippen LogP contribution >= 0.6 is 11.8 Å². The lowest BCUT2D eigenvalue weighted by Crippen LogP contribution is -2.31. The fourth-order valence-electron chi connectivity index (χ4n) is 5.04. The summed E-state index contributed by atoms with van der Waals surface area (Å²) < 4.78 is 16.4. The number of hydrogen-bond donors (Lipinski definition) is 2. The van der Waals surface area contributed by atoms with Gasteiger partial charge in [0, 0.05) is 34.7 Å². The first-order valence-electron chi connectivity index (χ1n) is 14.4. The smallest absolute Gasteiger partial charge is 0.272 e. The minimum atomic E-state index is -0.750. The summed E-state index contributed by atoms with van der Waals surface area (Å²) in [6.07, 6.45) is 1.41. The number of imide groups is 1. The molecule has 0 aromatic heterocycles. The maximum absolute atomic E-state index is 13.7. The number of ether oxygens (including phenoxy) is 3. The van der Waals surface area contributed by atoms with Crippen molar-refractivity contribution in [1.29, 1.82) is 0 Å². The van der Waals surface area contributed by atoms with Gasteiger partial charge in [-0.3, -0.25) is 29.3 Å². The SMILES string of the molecule is COc1cc(/C=C(\NC(=O)c2ccccc2)C(=O)Nc2cccc(S[C@@H]3CC(=O)N(c4ccc([N+](=O)[O-])cc4)C3=O)c2)cc2c1OCO2. The van der Waals surface area contributed by atoms with Gasteiger partial charge in [0.15, 0.2) is 11.5 Å². The van der Waals surface area contributed by atoms with E-state index >= 15 is 0 Å². The number of benzene rings is 4. The quantitative estimate of drug-likeness (QED) is 0.0998. The van der Waals surface area contributed by atoms with E-state index in [2.05, 4.69) is 10.6 Å². The largest absolute Gasteiger partial charge is 0.493 e. The first kappa shape index (κ1) is 31.8. The molecule has 0 bridgehead atoms. The Morgan fingerprint density at radius 3 is 2.50 bits per heavy atom. The number of nitrogens with one attached hydrogen (secondary N) is 2. The van der Waals surface area contributed by atoms with Gasteiger partial charge in [0.05, 0.1) is 23.0 Å². The zero-order chi connectivity index (χ0) is 33.8. The topological polar surface area (TPSA) is 166 Å². The van der Waals surface area contributed by atoms with E-state index in [1.807, 2.05) is 0 Å². The molecular weight excluding hydrogens is 640 g/mol. The summed E-state index contributed by atoms with van der Waals surface area (Å²) in [6, 6.07) is 23.6. The molecular formula is C34H26N4O9S. The van der Waals surface area contributed by atoms with Gasteiger partial charge in [-0.1, -0.05) is 24.3 Å². The van der Waals surface area contributed by atoms with Gasteiger partial charge in [0.1, 0.15) is 5.70 Å². The number of rotatable bonds is 10. The lowest BCUT2D eigenvalue weighted by molar-refractivity contribution is -0.384. The van der Waals surface area contributed by atoms with Crippen molar-refractivity contribution >= 4 is 58.5 Å². The van der Waals surface area contributed by atoms with E-state index in [1.54, 1.807) is 66.7 Å². The van der Waals surface area contributed by atoms with Crippen LogP contribution in [0.2, 0.25) is 0 Å². The van der Waals surface area contributed by atoms with E-state index in [4.69, 9.17) is 14.2 Å². The van der Waals surface area contributed by atoms with Crippen LogP contribution in [0.15, 0.2) is 102 Å². The number of nitrogens with zero attached hydrogens (tertiary/aromatic N) is 2. The van der Waals surface area contributed by atoms with Crippen LogP contribution in [-0.4, -0.2) is 47.7 Å². The molecule has 13 nitrogen and oxygen atoms in total. The second kappa shape index (κ2) is 13.7. The van der Waals surface area contributed by atoms with Crippen molar-refractivity contribution in [2.24, 2.45) is 0 Å². The van der Waals surface area contributed by atoms with Gasteiger partial charge in [0.2, 0.25) is 24.4 Å². The zero-order valence-electron chi connectivity index (χ0n) is 25.2. The highest BCUT2D eigenvalue weighted by Crippen LogP contribution is 2.42. The maximum atomic E-state index is 13.7. The number of carbonyl (C=O) groups excluding carboxylic acids is 4. The van der Waals surface area contributed by atoms with Gasteiger partial charge >= 0.3 is 0 Å². The molecule has 6 rings (SSSR count). The highest BCUT2D eigenvalue weighted by molar-refractivity contribution is 8.00. The Balaban J connectivity index is 1.21. The maximum Gasteiger partial charge on any atom is 0.272 e. The van der Waals surface area contributed by atoms with Gasteiger partial charge in [0.25, 0.3) is 17.5 Å². The third-order valence-electron chi connectivity index (χ3n) is 7.31. The number of methoxy groups -OCH3 is 1. The van der Waals surface area contributed by atoms with Crippen molar-refractivity contribution in [2.75, 3.05) is 24.1 Å². The van der Waals surface area contributed by atoms with Gasteiger partial charge < -0.3 is 24.8 Å². The molecule has 2 aliphatic rings. The Kier molecular flexibility index (Phi) is 9.07. The fourth-order valence-corrected chi connectivity index (χ4v) is 6.16. The molecule has 4 aromatic rings. The number of carbonyl (C=O) groups is 4. The third-order valence-corrected chi connectivity index (χ3v) is 8.49. The number of anilines is 2. The Labute approximate surface area is 277 Å². The van der Waals surface area contributed by atoms with Crippen molar-refractivity contribution in [3.63, 3.8) is 0 Å². The summed E-state index contributed by atoms with van der Waals surface area (Å²) in [7, 11) is 1.48. The van der Waals surface area contributed by atoms with Crippen molar-refractivity contribution in [3.8, 4) is 17.2 Å². The molecule has 48 heavy (non-hydrogen) atoms. The number of fused-ring (bicyclic) bond motifs is 1. The second-order valence-corrected chi connectivity index (χ2v) is 11.7. The minimum absolute atomic E-state index is 0.0149. The molecule has 0 unspecified atom stereocenters. The molecule has 0 saturated carbocycles. The van der Waals surface area contributed by atoms with E-state index in [0.29, 0.717) is 39.0 Å². The normalized spacial score (nSPS) is 15.3. The summed E-state index contributed by atoms with van der Waals surface area (Å²) in [4.78, 5) is 64.8. The molecule has 2 aliphatic heterocycles. The molecule has 0 spiro atoms. The van der Waals surface area contributed by atoms with Gasteiger partial charge in [-0.05, 0) is 66.2 Å². The average molecular weight is 667 g/mol. The molecule has 1 atom stereocenters. The average Bonchev–Trinajstić information content (AvgIpc) is 3.67. The van der Waals surface area contributed by atoms with Crippen molar-refractivity contribution in [1.82, 2.24) is 5.32 Å². The number of amides is 4. The van der Waals surface area contributed by atoms with Crippen LogP contribution in [0.4, 0.5) is 17.1 Å². The van der Waals surface area contributed by atoms with E-state index in [0.717, 1.165) is 16.7 Å². The summed E-state index contributed by atoms with van der Waals surface area (Å²) in [5, 5.41) is 15.7. The zero-order valence-corrected chi connectivity index (χ0v) is 26.0. The molecule has 242 valence electrons. The van der Waals surface area contributed by atoms with E-state index in [9.17, 15) is 29.3 Å². The van der Waals surface area contributed by atoms with Crippen molar-refractivity contribution in [3.05, 3.63) is 118 Å². The molecule has 4 aromatic carbocycles. The molecule has 1 fully saturated rings. The monoisotopic (exact) mass is 666 g/mol. The lowest BCUT2D eigenvalue weighted by atomic mass is 10.1. The number of nitro benzene ring substituents is 1.